The van der Waals surface area contributed by atoms with E-state index < -0.39 is 0 Å². The van der Waals surface area contributed by atoms with Gasteiger partial charge in [-0.2, -0.15) is 0 Å². The van der Waals surface area contributed by atoms with Crippen molar-refractivity contribution < 1.29 is 14.6 Å². The quantitative estimate of drug-likeness (QED) is 0.893. The van der Waals surface area contributed by atoms with Gasteiger partial charge in [0.15, 0.2) is 17.2 Å². The second kappa shape index (κ2) is 7.51. The van der Waals surface area contributed by atoms with Gasteiger partial charge in [0, 0.05) is 36.1 Å². The van der Waals surface area contributed by atoms with Gasteiger partial charge < -0.3 is 15.2 Å². The fourth-order valence-electron chi connectivity index (χ4n) is 3.60. The number of aromatic hydroxyl groups is 1. The zero-order valence-electron chi connectivity index (χ0n) is 14.5. The molecule has 0 saturated heterocycles. The van der Waals surface area contributed by atoms with Gasteiger partial charge in [-0.15, -0.1) is 0 Å². The van der Waals surface area contributed by atoms with Crippen molar-refractivity contribution in [2.24, 2.45) is 5.92 Å². The Morgan fingerprint density at radius 2 is 2.04 bits per heavy atom. The van der Waals surface area contributed by atoms with Crippen molar-refractivity contribution >= 4 is 5.91 Å². The van der Waals surface area contributed by atoms with Gasteiger partial charge in [0.2, 0.25) is 0 Å². The second-order valence-corrected chi connectivity index (χ2v) is 6.64. The molecular formula is C19H23N3O3. The molecular weight excluding hydrogens is 318 g/mol. The Labute approximate surface area is 147 Å². The lowest BCUT2D eigenvalue weighted by Gasteiger charge is -2.33. The third kappa shape index (κ3) is 3.90. The SMILES string of the molecule is COc1ccnc(C(=O)NC2C[C@H](C)C[C@H](c3ccccn3)C2)c1O. The molecule has 1 aliphatic carbocycles. The van der Waals surface area contributed by atoms with Crippen LogP contribution in [-0.2, 0) is 0 Å². The monoisotopic (exact) mass is 341 g/mol. The third-order valence-corrected chi connectivity index (χ3v) is 4.71. The van der Waals surface area contributed by atoms with Gasteiger partial charge in [-0.25, -0.2) is 4.98 Å². The predicted molar refractivity (Wildman–Crippen MR) is 93.7 cm³/mol. The smallest absolute Gasteiger partial charge is 0.274 e. The number of aromatic nitrogens is 2. The van der Waals surface area contributed by atoms with Crippen LogP contribution in [0.1, 0.15) is 48.3 Å². The molecule has 2 aromatic heterocycles. The van der Waals surface area contributed by atoms with Crippen LogP contribution in [0, 0.1) is 5.92 Å². The number of methoxy groups -OCH3 is 1. The maximum Gasteiger partial charge on any atom is 0.274 e. The van der Waals surface area contributed by atoms with E-state index in [1.807, 2.05) is 18.2 Å². The summed E-state index contributed by atoms with van der Waals surface area (Å²) in [5.41, 5.74) is 1.06. The average molecular weight is 341 g/mol. The number of carbonyl (C=O) groups is 1. The molecule has 2 heterocycles. The lowest BCUT2D eigenvalue weighted by Crippen LogP contribution is -2.40. The summed E-state index contributed by atoms with van der Waals surface area (Å²) >= 11 is 0. The van der Waals surface area contributed by atoms with Crippen molar-refractivity contribution in [1.82, 2.24) is 15.3 Å². The number of hydrogen-bond donors (Lipinski definition) is 2. The Kier molecular flexibility index (Phi) is 5.16. The molecule has 0 aliphatic heterocycles. The first-order valence-electron chi connectivity index (χ1n) is 8.52. The number of hydrogen-bond acceptors (Lipinski definition) is 5. The zero-order valence-corrected chi connectivity index (χ0v) is 14.5. The van der Waals surface area contributed by atoms with E-state index in [0.717, 1.165) is 25.0 Å². The summed E-state index contributed by atoms with van der Waals surface area (Å²) < 4.78 is 5.04. The Bertz CT molecular complexity index is 736. The average Bonchev–Trinajstić information content (AvgIpc) is 2.62. The molecule has 6 nitrogen and oxygen atoms in total. The molecule has 25 heavy (non-hydrogen) atoms. The molecule has 3 atom stereocenters. The topological polar surface area (TPSA) is 84.3 Å². The summed E-state index contributed by atoms with van der Waals surface area (Å²) in [7, 11) is 1.44. The standard InChI is InChI=1S/C19H23N3O3/c1-12-9-13(15-5-3-4-7-20-15)11-14(10-12)22-19(24)17-18(23)16(25-2)6-8-21-17/h3-8,12-14,23H,9-11H2,1-2H3,(H,22,24)/t12-,13+,14?/m1/s1. The molecule has 1 aliphatic rings. The third-order valence-electron chi connectivity index (χ3n) is 4.71. The van der Waals surface area contributed by atoms with Crippen LogP contribution < -0.4 is 10.1 Å². The van der Waals surface area contributed by atoms with Crippen LogP contribution >= 0.6 is 0 Å². The number of amides is 1. The number of nitrogens with one attached hydrogen (secondary N) is 1. The fraction of sp³-hybridized carbons (Fsp3) is 0.421. The highest BCUT2D eigenvalue weighted by molar-refractivity contribution is 5.95. The van der Waals surface area contributed by atoms with E-state index in [1.165, 1.54) is 19.4 Å². The van der Waals surface area contributed by atoms with E-state index >= 15 is 0 Å². The van der Waals surface area contributed by atoms with Crippen molar-refractivity contribution in [3.63, 3.8) is 0 Å². The van der Waals surface area contributed by atoms with Crippen molar-refractivity contribution in [3.05, 3.63) is 48.0 Å². The summed E-state index contributed by atoms with van der Waals surface area (Å²) in [4.78, 5) is 21.0. The molecule has 1 saturated carbocycles. The van der Waals surface area contributed by atoms with Gasteiger partial charge in [-0.3, -0.25) is 9.78 Å². The van der Waals surface area contributed by atoms with E-state index in [4.69, 9.17) is 4.74 Å². The molecule has 0 aromatic carbocycles. The first kappa shape index (κ1) is 17.2. The van der Waals surface area contributed by atoms with E-state index in [-0.39, 0.29) is 29.1 Å². The van der Waals surface area contributed by atoms with Crippen LogP contribution in [0.2, 0.25) is 0 Å². The Morgan fingerprint density at radius 1 is 1.20 bits per heavy atom. The summed E-state index contributed by atoms with van der Waals surface area (Å²) in [5.74, 6) is 0.437. The first-order chi connectivity index (χ1) is 12.1. The van der Waals surface area contributed by atoms with E-state index in [0.29, 0.717) is 11.8 Å². The molecule has 0 radical (unpaired) electrons. The van der Waals surface area contributed by atoms with E-state index in [1.54, 1.807) is 6.20 Å². The van der Waals surface area contributed by atoms with Crippen molar-refractivity contribution in [1.29, 1.82) is 0 Å². The zero-order chi connectivity index (χ0) is 17.8. The summed E-state index contributed by atoms with van der Waals surface area (Å²) in [6, 6.07) is 7.48. The molecule has 0 spiro atoms. The summed E-state index contributed by atoms with van der Waals surface area (Å²) in [5, 5.41) is 13.1. The molecule has 2 N–H and O–H groups in total. The van der Waals surface area contributed by atoms with Crippen LogP contribution in [0.5, 0.6) is 11.5 Å². The predicted octanol–water partition coefficient (Wildman–Crippen LogP) is 2.89. The first-order valence-corrected chi connectivity index (χ1v) is 8.52. The minimum atomic E-state index is -0.379. The normalized spacial score (nSPS) is 23.0. The van der Waals surface area contributed by atoms with Crippen LogP contribution in [0.25, 0.3) is 0 Å². The van der Waals surface area contributed by atoms with E-state index in [9.17, 15) is 9.90 Å². The van der Waals surface area contributed by atoms with Gasteiger partial charge in [-0.05, 0) is 37.3 Å². The van der Waals surface area contributed by atoms with Crippen molar-refractivity contribution in [2.45, 2.75) is 38.1 Å². The largest absolute Gasteiger partial charge is 0.503 e. The second-order valence-electron chi connectivity index (χ2n) is 6.64. The molecule has 0 bridgehead atoms. The highest BCUT2D eigenvalue weighted by Crippen LogP contribution is 2.35. The minimum absolute atomic E-state index is 0.00744. The van der Waals surface area contributed by atoms with E-state index in [2.05, 4.69) is 22.2 Å². The Balaban J connectivity index is 1.72. The number of ether oxygens (including phenoxy) is 1. The Morgan fingerprint density at radius 3 is 2.76 bits per heavy atom. The molecule has 132 valence electrons. The van der Waals surface area contributed by atoms with Crippen molar-refractivity contribution in [3.8, 4) is 11.5 Å². The fourth-order valence-corrected chi connectivity index (χ4v) is 3.60. The summed E-state index contributed by atoms with van der Waals surface area (Å²) in [6.45, 7) is 2.19. The minimum Gasteiger partial charge on any atom is -0.503 e. The van der Waals surface area contributed by atoms with Gasteiger partial charge in [0.05, 0.1) is 7.11 Å². The molecule has 2 aromatic rings. The number of carbonyl (C=O) groups excluding carboxylic acids is 1. The van der Waals surface area contributed by atoms with Crippen LogP contribution in [-0.4, -0.2) is 34.1 Å². The lowest BCUT2D eigenvalue weighted by atomic mass is 9.78. The Hall–Kier alpha value is -2.63. The highest BCUT2D eigenvalue weighted by atomic mass is 16.5. The van der Waals surface area contributed by atoms with Crippen LogP contribution in [0.3, 0.4) is 0 Å². The maximum atomic E-state index is 12.5. The lowest BCUT2D eigenvalue weighted by molar-refractivity contribution is 0.0908. The highest BCUT2D eigenvalue weighted by Gasteiger charge is 2.30. The summed E-state index contributed by atoms with van der Waals surface area (Å²) in [6.07, 6.45) is 6.05. The van der Waals surface area contributed by atoms with Crippen LogP contribution in [0.15, 0.2) is 36.7 Å². The number of pyridine rings is 2. The molecule has 3 rings (SSSR count). The molecule has 1 fully saturated rings. The van der Waals surface area contributed by atoms with Crippen LogP contribution in [0.4, 0.5) is 0 Å². The number of nitrogens with zero attached hydrogens (tertiary/aromatic N) is 2. The van der Waals surface area contributed by atoms with Gasteiger partial charge in [0.1, 0.15) is 0 Å². The molecule has 1 amide bonds. The molecule has 6 heteroatoms. The molecule has 1 unspecified atom stereocenters. The van der Waals surface area contributed by atoms with Crippen molar-refractivity contribution in [2.75, 3.05) is 7.11 Å². The van der Waals surface area contributed by atoms with Gasteiger partial charge in [0.25, 0.3) is 5.91 Å². The number of rotatable bonds is 4. The van der Waals surface area contributed by atoms with Gasteiger partial charge >= 0.3 is 0 Å². The van der Waals surface area contributed by atoms with Gasteiger partial charge in [-0.1, -0.05) is 13.0 Å². The maximum absolute atomic E-state index is 12.5.